The Labute approximate surface area is 84.1 Å². The molecule has 0 radical (unpaired) electrons. The Morgan fingerprint density at radius 1 is 1.38 bits per heavy atom. The van der Waals surface area contributed by atoms with E-state index in [-0.39, 0.29) is 11.8 Å². The average molecular weight is 204 g/mol. The minimum absolute atomic E-state index is 0.0268. The molecule has 5 heteroatoms. The normalized spacial score (nSPS) is 9.46. The fourth-order valence-electron chi connectivity index (χ4n) is 0.805. The summed E-state index contributed by atoms with van der Waals surface area (Å²) in [5.41, 5.74) is 0. The molecule has 0 aliphatic heterocycles. The number of carbonyl (C=O) groups excluding carboxylic acids is 2. The minimum atomic E-state index is -0.0504. The number of amides is 2. The van der Waals surface area contributed by atoms with E-state index in [9.17, 15) is 9.59 Å². The summed E-state index contributed by atoms with van der Waals surface area (Å²) in [4.78, 5) is 23.6. The van der Waals surface area contributed by atoms with Crippen LogP contribution in [0.25, 0.3) is 0 Å². The highest BCUT2D eigenvalue weighted by atomic mass is 32.1. The quantitative estimate of drug-likeness (QED) is 0.614. The van der Waals surface area contributed by atoms with E-state index in [0.717, 1.165) is 0 Å². The molecule has 0 aliphatic rings. The highest BCUT2D eigenvalue weighted by molar-refractivity contribution is 7.80. The molecule has 0 aliphatic carbocycles. The van der Waals surface area contributed by atoms with Crippen molar-refractivity contribution in [1.82, 2.24) is 10.2 Å². The molecule has 0 saturated heterocycles. The zero-order chi connectivity index (χ0) is 10.3. The number of nitrogens with zero attached hydrogens (tertiary/aromatic N) is 1. The van der Waals surface area contributed by atoms with Gasteiger partial charge in [-0.15, -0.1) is 0 Å². The Morgan fingerprint density at radius 3 is 2.46 bits per heavy atom. The predicted octanol–water partition coefficient (Wildman–Crippen LogP) is -0.0992. The van der Waals surface area contributed by atoms with Crippen LogP contribution in [0.1, 0.15) is 12.8 Å². The molecule has 2 amide bonds. The van der Waals surface area contributed by atoms with E-state index < -0.39 is 0 Å². The second kappa shape index (κ2) is 6.77. The summed E-state index contributed by atoms with van der Waals surface area (Å²) in [5.74, 6) is 0.521. The molecule has 1 N–H and O–H groups in total. The second-order valence-corrected chi connectivity index (χ2v) is 3.16. The molecule has 13 heavy (non-hydrogen) atoms. The van der Waals surface area contributed by atoms with Crippen LogP contribution in [0.15, 0.2) is 0 Å². The van der Waals surface area contributed by atoms with Crippen molar-refractivity contribution in [3.05, 3.63) is 0 Å². The Bertz CT molecular complexity index is 185. The van der Waals surface area contributed by atoms with Crippen molar-refractivity contribution in [3.63, 3.8) is 0 Å². The van der Waals surface area contributed by atoms with Crippen LogP contribution >= 0.6 is 12.6 Å². The number of nitrogens with one attached hydrogen (secondary N) is 1. The maximum absolute atomic E-state index is 11.2. The molecule has 0 bridgehead atoms. The molecule has 0 fully saturated rings. The lowest BCUT2D eigenvalue weighted by molar-refractivity contribution is -0.130. The summed E-state index contributed by atoms with van der Waals surface area (Å²) < 4.78 is 0. The lowest BCUT2D eigenvalue weighted by Crippen LogP contribution is -2.31. The Morgan fingerprint density at radius 2 is 2.00 bits per heavy atom. The largest absolute Gasteiger partial charge is 0.359 e. The molecule has 4 nitrogen and oxygen atoms in total. The summed E-state index contributed by atoms with van der Waals surface area (Å²) >= 11 is 3.95. The second-order valence-electron chi connectivity index (χ2n) is 2.71. The Hall–Kier alpha value is -0.710. The first-order valence-corrected chi connectivity index (χ1v) is 4.80. The van der Waals surface area contributed by atoms with Crippen molar-refractivity contribution < 1.29 is 9.59 Å². The number of rotatable bonds is 5. The molecule has 0 aromatic rings. The SMILES string of the molecule is CNC(=O)CCN(C)C(=O)CCS. The third-order valence-corrected chi connectivity index (χ3v) is 1.93. The molecular weight excluding hydrogens is 188 g/mol. The molecule has 0 saturated carbocycles. The van der Waals surface area contributed by atoms with E-state index in [1.165, 1.54) is 0 Å². The van der Waals surface area contributed by atoms with Gasteiger partial charge in [-0.2, -0.15) is 12.6 Å². The molecule has 76 valence electrons. The van der Waals surface area contributed by atoms with Crippen LogP contribution in [0, 0.1) is 0 Å². The first-order valence-electron chi connectivity index (χ1n) is 4.17. The molecule has 0 aromatic heterocycles. The predicted molar refractivity (Wildman–Crippen MR) is 54.8 cm³/mol. The maximum Gasteiger partial charge on any atom is 0.223 e. The van der Waals surface area contributed by atoms with Gasteiger partial charge in [-0.3, -0.25) is 9.59 Å². The summed E-state index contributed by atoms with van der Waals surface area (Å²) in [6.07, 6.45) is 0.776. The molecule has 0 aromatic carbocycles. The van der Waals surface area contributed by atoms with Gasteiger partial charge in [0.1, 0.15) is 0 Å². The van der Waals surface area contributed by atoms with Crippen molar-refractivity contribution in [3.8, 4) is 0 Å². The van der Waals surface area contributed by atoms with Crippen LogP contribution in [0.2, 0.25) is 0 Å². The summed E-state index contributed by atoms with van der Waals surface area (Å²) in [7, 11) is 3.27. The van der Waals surface area contributed by atoms with Gasteiger partial charge in [0.05, 0.1) is 0 Å². The standard InChI is InChI=1S/C8H16N2O2S/c1-9-7(11)3-5-10(2)8(12)4-6-13/h13H,3-6H2,1-2H3,(H,9,11). The number of carbonyl (C=O) groups is 2. The van der Waals surface area contributed by atoms with Crippen molar-refractivity contribution in [2.45, 2.75) is 12.8 Å². The van der Waals surface area contributed by atoms with E-state index in [2.05, 4.69) is 17.9 Å². The summed E-state index contributed by atoms with van der Waals surface area (Å²) in [6.45, 7) is 0.465. The molecule has 0 atom stereocenters. The summed E-state index contributed by atoms with van der Waals surface area (Å²) in [6, 6.07) is 0. The lowest BCUT2D eigenvalue weighted by atomic mass is 10.3. The van der Waals surface area contributed by atoms with Crippen LogP contribution in [-0.4, -0.2) is 43.1 Å². The van der Waals surface area contributed by atoms with Crippen LogP contribution in [0.3, 0.4) is 0 Å². The monoisotopic (exact) mass is 204 g/mol. The van der Waals surface area contributed by atoms with E-state index >= 15 is 0 Å². The first-order chi connectivity index (χ1) is 6.11. The van der Waals surface area contributed by atoms with Gasteiger partial charge >= 0.3 is 0 Å². The molecule has 0 heterocycles. The fraction of sp³-hybridized carbons (Fsp3) is 0.750. The zero-order valence-electron chi connectivity index (χ0n) is 8.04. The number of hydrogen-bond acceptors (Lipinski definition) is 3. The topological polar surface area (TPSA) is 49.4 Å². The van der Waals surface area contributed by atoms with E-state index in [4.69, 9.17) is 0 Å². The van der Waals surface area contributed by atoms with E-state index in [1.54, 1.807) is 19.0 Å². The average Bonchev–Trinajstić information content (AvgIpc) is 2.13. The maximum atomic E-state index is 11.2. The van der Waals surface area contributed by atoms with Gasteiger partial charge in [-0.1, -0.05) is 0 Å². The number of hydrogen-bond donors (Lipinski definition) is 2. The van der Waals surface area contributed by atoms with Crippen LogP contribution in [0.4, 0.5) is 0 Å². The summed E-state index contributed by atoms with van der Waals surface area (Å²) in [5, 5.41) is 2.50. The molecular formula is C8H16N2O2S. The van der Waals surface area contributed by atoms with Gasteiger partial charge in [0.15, 0.2) is 0 Å². The van der Waals surface area contributed by atoms with Crippen LogP contribution in [-0.2, 0) is 9.59 Å². The van der Waals surface area contributed by atoms with Crippen LogP contribution < -0.4 is 5.32 Å². The Balaban J connectivity index is 3.67. The van der Waals surface area contributed by atoms with Crippen molar-refractivity contribution in [2.24, 2.45) is 0 Å². The van der Waals surface area contributed by atoms with Gasteiger partial charge in [0.25, 0.3) is 0 Å². The molecule has 0 rings (SSSR count). The van der Waals surface area contributed by atoms with Crippen LogP contribution in [0.5, 0.6) is 0 Å². The smallest absolute Gasteiger partial charge is 0.223 e. The van der Waals surface area contributed by atoms with Gasteiger partial charge in [-0.05, 0) is 5.75 Å². The lowest BCUT2D eigenvalue weighted by Gasteiger charge is -2.15. The van der Waals surface area contributed by atoms with Gasteiger partial charge in [0, 0.05) is 33.5 Å². The Kier molecular flexibility index (Phi) is 6.40. The minimum Gasteiger partial charge on any atom is -0.359 e. The highest BCUT2D eigenvalue weighted by Crippen LogP contribution is 1.94. The van der Waals surface area contributed by atoms with Crippen molar-refractivity contribution >= 4 is 24.4 Å². The van der Waals surface area contributed by atoms with Crippen molar-refractivity contribution in [2.75, 3.05) is 26.4 Å². The van der Waals surface area contributed by atoms with Gasteiger partial charge in [0.2, 0.25) is 11.8 Å². The van der Waals surface area contributed by atoms with E-state index in [1.807, 2.05) is 0 Å². The van der Waals surface area contributed by atoms with Gasteiger partial charge in [-0.25, -0.2) is 0 Å². The first kappa shape index (κ1) is 12.3. The highest BCUT2D eigenvalue weighted by Gasteiger charge is 2.08. The van der Waals surface area contributed by atoms with Gasteiger partial charge < -0.3 is 10.2 Å². The third kappa shape index (κ3) is 5.52. The number of thiol groups is 1. The molecule has 0 unspecified atom stereocenters. The molecule has 0 spiro atoms. The third-order valence-electron chi connectivity index (χ3n) is 1.70. The zero-order valence-corrected chi connectivity index (χ0v) is 8.93. The van der Waals surface area contributed by atoms with E-state index in [0.29, 0.717) is 25.1 Å². The fourth-order valence-corrected chi connectivity index (χ4v) is 0.997. The van der Waals surface area contributed by atoms with Crippen molar-refractivity contribution in [1.29, 1.82) is 0 Å².